The minimum absolute atomic E-state index is 0.814. The van der Waals surface area contributed by atoms with Gasteiger partial charge in [-0.25, -0.2) is 4.98 Å². The quantitative estimate of drug-likeness (QED) is 0.695. The van der Waals surface area contributed by atoms with E-state index < -0.39 is 0 Å². The molecule has 0 aliphatic carbocycles. The molecule has 4 rings (SSSR count). The molecular weight excluding hydrogens is 266 g/mol. The summed E-state index contributed by atoms with van der Waals surface area (Å²) >= 11 is 5.45. The molecule has 0 unspecified atom stereocenters. The highest BCUT2D eigenvalue weighted by Crippen LogP contribution is 2.28. The minimum atomic E-state index is 0.814. The zero-order valence-electron chi connectivity index (χ0n) is 10.8. The number of benzene rings is 2. The highest BCUT2D eigenvalue weighted by molar-refractivity contribution is 7.80. The molecular formula is C16H13N3S. The predicted octanol–water partition coefficient (Wildman–Crippen LogP) is 2.98. The molecule has 0 bridgehead atoms. The van der Waals surface area contributed by atoms with Gasteiger partial charge in [0, 0.05) is 24.2 Å². The van der Waals surface area contributed by atoms with Gasteiger partial charge >= 0.3 is 0 Å². The van der Waals surface area contributed by atoms with Crippen molar-refractivity contribution in [1.82, 2.24) is 14.9 Å². The molecule has 0 saturated heterocycles. The molecule has 3 aromatic rings. The Bertz CT molecular complexity index is 805. The molecule has 3 nitrogen and oxygen atoms in total. The van der Waals surface area contributed by atoms with Crippen LogP contribution in [0.4, 0.5) is 0 Å². The lowest BCUT2D eigenvalue weighted by atomic mass is 10.2. The normalized spacial score (nSPS) is 14.1. The molecule has 1 aromatic heterocycles. The summed E-state index contributed by atoms with van der Waals surface area (Å²) in [7, 11) is 0. The van der Waals surface area contributed by atoms with Crippen LogP contribution in [-0.4, -0.2) is 21.1 Å². The summed E-state index contributed by atoms with van der Waals surface area (Å²) < 4.78 is 2.27. The largest absolute Gasteiger partial charge is 0.374 e. The number of rotatable bonds is 1. The van der Waals surface area contributed by atoms with Gasteiger partial charge in [-0.05, 0) is 12.1 Å². The van der Waals surface area contributed by atoms with Gasteiger partial charge in [-0.15, -0.1) is 0 Å². The first kappa shape index (κ1) is 11.6. The van der Waals surface area contributed by atoms with Crippen LogP contribution in [0, 0.1) is 0 Å². The van der Waals surface area contributed by atoms with Gasteiger partial charge < -0.3 is 9.88 Å². The summed E-state index contributed by atoms with van der Waals surface area (Å²) in [5, 5.41) is 3.30. The Morgan fingerprint density at radius 2 is 1.90 bits per heavy atom. The van der Waals surface area contributed by atoms with E-state index in [0.717, 1.165) is 46.1 Å². The average Bonchev–Trinajstić information content (AvgIpc) is 2.78. The first-order valence-electron chi connectivity index (χ1n) is 6.67. The Hall–Kier alpha value is -2.20. The van der Waals surface area contributed by atoms with Gasteiger partial charge in [-0.2, -0.15) is 0 Å². The summed E-state index contributed by atoms with van der Waals surface area (Å²) in [6, 6.07) is 16.4. The van der Waals surface area contributed by atoms with Crippen molar-refractivity contribution in [3.8, 4) is 11.4 Å². The highest BCUT2D eigenvalue weighted by atomic mass is 32.1. The van der Waals surface area contributed by atoms with Gasteiger partial charge in [0.25, 0.3) is 0 Å². The van der Waals surface area contributed by atoms with E-state index in [2.05, 4.69) is 34.1 Å². The van der Waals surface area contributed by atoms with Crippen molar-refractivity contribution >= 4 is 28.2 Å². The number of hydrogen-bond acceptors (Lipinski definition) is 2. The molecule has 20 heavy (non-hydrogen) atoms. The monoisotopic (exact) mass is 279 g/mol. The van der Waals surface area contributed by atoms with E-state index in [1.807, 2.05) is 24.3 Å². The first-order chi connectivity index (χ1) is 9.84. The molecule has 0 radical (unpaired) electrons. The Morgan fingerprint density at radius 3 is 2.75 bits per heavy atom. The van der Waals surface area contributed by atoms with E-state index in [4.69, 9.17) is 17.2 Å². The predicted molar refractivity (Wildman–Crippen MR) is 84.9 cm³/mol. The van der Waals surface area contributed by atoms with Crippen molar-refractivity contribution in [1.29, 1.82) is 0 Å². The maximum absolute atomic E-state index is 5.45. The molecule has 1 aliphatic rings. The number of nitrogens with one attached hydrogen (secondary N) is 1. The van der Waals surface area contributed by atoms with Crippen LogP contribution in [0.3, 0.4) is 0 Å². The lowest BCUT2D eigenvalue weighted by molar-refractivity contribution is 0.707. The summed E-state index contributed by atoms with van der Waals surface area (Å²) in [5.74, 6) is 1.01. The molecule has 1 aliphatic heterocycles. The number of nitrogens with zero attached hydrogens (tertiary/aromatic N) is 2. The van der Waals surface area contributed by atoms with E-state index in [1.165, 1.54) is 0 Å². The summed E-state index contributed by atoms with van der Waals surface area (Å²) in [4.78, 5) is 5.62. The lowest BCUT2D eigenvalue weighted by Gasteiger charge is -2.06. The van der Waals surface area contributed by atoms with Crippen molar-refractivity contribution < 1.29 is 0 Å². The van der Waals surface area contributed by atoms with Crippen LogP contribution in [0.15, 0.2) is 48.5 Å². The molecule has 0 fully saturated rings. The van der Waals surface area contributed by atoms with Crippen molar-refractivity contribution in [2.75, 3.05) is 6.54 Å². The molecule has 4 heteroatoms. The van der Waals surface area contributed by atoms with E-state index >= 15 is 0 Å². The molecule has 0 saturated carbocycles. The van der Waals surface area contributed by atoms with E-state index in [9.17, 15) is 0 Å². The second-order valence-electron chi connectivity index (χ2n) is 4.88. The van der Waals surface area contributed by atoms with E-state index in [1.54, 1.807) is 0 Å². The Labute approximate surface area is 122 Å². The molecule has 2 aromatic carbocycles. The van der Waals surface area contributed by atoms with E-state index in [-0.39, 0.29) is 0 Å². The number of hydrogen-bond donors (Lipinski definition) is 1. The number of imidazole rings is 1. The maximum Gasteiger partial charge on any atom is 0.141 e. The van der Waals surface area contributed by atoms with E-state index in [0.29, 0.717) is 0 Å². The third-order valence-electron chi connectivity index (χ3n) is 3.66. The van der Waals surface area contributed by atoms with Crippen LogP contribution in [-0.2, 0) is 6.54 Å². The minimum Gasteiger partial charge on any atom is -0.374 e. The standard InChI is InChI=1S/C16H13N3S/c20-16-12-7-4-8-13-14(12)19(10-9-17-16)15(18-13)11-5-2-1-3-6-11/h1-8H,9-10H2,(H,17,20). The smallest absolute Gasteiger partial charge is 0.141 e. The van der Waals surface area contributed by atoms with Gasteiger partial charge in [0.05, 0.1) is 11.0 Å². The Morgan fingerprint density at radius 1 is 1.05 bits per heavy atom. The van der Waals surface area contributed by atoms with Crippen molar-refractivity contribution in [3.63, 3.8) is 0 Å². The Kier molecular flexibility index (Phi) is 2.57. The van der Waals surface area contributed by atoms with Crippen LogP contribution in [0.5, 0.6) is 0 Å². The second kappa shape index (κ2) is 4.42. The molecule has 0 amide bonds. The van der Waals surface area contributed by atoms with Crippen LogP contribution < -0.4 is 5.32 Å². The molecule has 2 heterocycles. The zero-order valence-corrected chi connectivity index (χ0v) is 11.7. The van der Waals surface area contributed by atoms with Gasteiger partial charge in [0.15, 0.2) is 0 Å². The zero-order chi connectivity index (χ0) is 13.5. The number of para-hydroxylation sites is 1. The number of thiocarbonyl (C=S) groups is 1. The summed E-state index contributed by atoms with van der Waals surface area (Å²) in [6.45, 7) is 1.71. The van der Waals surface area contributed by atoms with Crippen LogP contribution >= 0.6 is 12.2 Å². The third-order valence-corrected chi connectivity index (χ3v) is 4.03. The summed E-state index contributed by atoms with van der Waals surface area (Å²) in [5.41, 5.74) is 4.36. The fraction of sp³-hybridized carbons (Fsp3) is 0.125. The Balaban J connectivity index is 2.07. The third kappa shape index (κ3) is 1.65. The fourth-order valence-electron chi connectivity index (χ4n) is 2.77. The second-order valence-corrected chi connectivity index (χ2v) is 5.29. The van der Waals surface area contributed by atoms with Gasteiger partial charge in [0.2, 0.25) is 0 Å². The van der Waals surface area contributed by atoms with Crippen molar-refractivity contribution in [2.45, 2.75) is 6.54 Å². The van der Waals surface area contributed by atoms with Crippen LogP contribution in [0.1, 0.15) is 5.56 Å². The molecule has 98 valence electrons. The van der Waals surface area contributed by atoms with Gasteiger partial charge in [-0.1, -0.05) is 48.6 Å². The van der Waals surface area contributed by atoms with Crippen molar-refractivity contribution in [3.05, 3.63) is 54.1 Å². The van der Waals surface area contributed by atoms with Crippen molar-refractivity contribution in [2.24, 2.45) is 0 Å². The van der Waals surface area contributed by atoms with Crippen LogP contribution in [0.2, 0.25) is 0 Å². The molecule has 0 atom stereocenters. The average molecular weight is 279 g/mol. The van der Waals surface area contributed by atoms with Gasteiger partial charge in [0.1, 0.15) is 10.8 Å². The summed E-state index contributed by atoms with van der Waals surface area (Å²) in [6.07, 6.45) is 0. The lowest BCUT2D eigenvalue weighted by Crippen LogP contribution is -2.23. The molecule has 0 spiro atoms. The highest BCUT2D eigenvalue weighted by Gasteiger charge is 2.19. The number of aromatic nitrogens is 2. The van der Waals surface area contributed by atoms with Crippen LogP contribution in [0.25, 0.3) is 22.4 Å². The first-order valence-corrected chi connectivity index (χ1v) is 7.08. The fourth-order valence-corrected chi connectivity index (χ4v) is 3.04. The SMILES string of the molecule is S=C1NCCn2c(-c3ccccc3)nc3cccc1c32. The van der Waals surface area contributed by atoms with Gasteiger partial charge in [-0.3, -0.25) is 0 Å². The molecule has 1 N–H and O–H groups in total. The maximum atomic E-state index is 5.45. The topological polar surface area (TPSA) is 29.9 Å².